The molecule has 1 aromatic carbocycles. The van der Waals surface area contributed by atoms with Gasteiger partial charge in [0, 0.05) is 17.1 Å². The number of anilines is 1. The molecule has 0 amide bonds. The van der Waals surface area contributed by atoms with Crippen molar-refractivity contribution < 1.29 is 0 Å². The molecule has 2 rings (SSSR count). The van der Waals surface area contributed by atoms with Crippen molar-refractivity contribution in [2.45, 2.75) is 6.42 Å². The number of benzene rings is 1. The van der Waals surface area contributed by atoms with Crippen molar-refractivity contribution in [1.82, 2.24) is 9.97 Å². The van der Waals surface area contributed by atoms with E-state index >= 15 is 0 Å². The zero-order valence-corrected chi connectivity index (χ0v) is 12.1. The lowest BCUT2D eigenvalue weighted by molar-refractivity contribution is 0.967. The summed E-state index contributed by atoms with van der Waals surface area (Å²) in [5.74, 6) is 1.29. The van der Waals surface area contributed by atoms with E-state index in [1.54, 1.807) is 6.20 Å². The van der Waals surface area contributed by atoms with Crippen LogP contribution in [0.3, 0.4) is 0 Å². The maximum absolute atomic E-state index is 5.73. The molecule has 0 aliphatic rings. The second kappa shape index (κ2) is 5.09. The molecule has 2 N–H and O–H groups in total. The summed E-state index contributed by atoms with van der Waals surface area (Å²) in [5, 5.41) is 0. The van der Waals surface area contributed by atoms with E-state index in [1.165, 1.54) is 5.56 Å². The molecule has 5 heteroatoms. The Hall–Kier alpha value is -0.690. The van der Waals surface area contributed by atoms with Crippen molar-refractivity contribution in [1.29, 1.82) is 0 Å². The first-order valence-electron chi connectivity index (χ1n) is 4.66. The molecule has 0 aliphatic heterocycles. The summed E-state index contributed by atoms with van der Waals surface area (Å²) in [6.45, 7) is 0. The lowest BCUT2D eigenvalue weighted by Gasteiger charge is -2.02. The normalized spacial score (nSPS) is 10.4. The third kappa shape index (κ3) is 2.91. The Bertz CT molecular complexity index is 499. The molecule has 82 valence electrons. The second-order valence-corrected chi connectivity index (χ2v) is 5.40. The summed E-state index contributed by atoms with van der Waals surface area (Å²) in [6, 6.07) is 8.10. The standard InChI is InChI=1S/C11H9BrIN3/c12-8-3-1-7(2-4-8)5-10-15-6-9(13)11(14)16-10/h1-4,6H,5H2,(H2,14,15,16). The fourth-order valence-electron chi connectivity index (χ4n) is 1.29. The maximum atomic E-state index is 5.73. The molecule has 3 nitrogen and oxygen atoms in total. The van der Waals surface area contributed by atoms with Gasteiger partial charge in [0.25, 0.3) is 0 Å². The largest absolute Gasteiger partial charge is 0.383 e. The number of rotatable bonds is 2. The summed E-state index contributed by atoms with van der Waals surface area (Å²) in [7, 11) is 0. The van der Waals surface area contributed by atoms with Crippen LogP contribution in [-0.4, -0.2) is 9.97 Å². The van der Waals surface area contributed by atoms with E-state index in [9.17, 15) is 0 Å². The average Bonchev–Trinajstić information content (AvgIpc) is 2.27. The van der Waals surface area contributed by atoms with Gasteiger partial charge in [-0.25, -0.2) is 9.97 Å². The maximum Gasteiger partial charge on any atom is 0.140 e. The number of hydrogen-bond acceptors (Lipinski definition) is 3. The van der Waals surface area contributed by atoms with E-state index in [0.29, 0.717) is 12.2 Å². The Morgan fingerprint density at radius 2 is 1.94 bits per heavy atom. The second-order valence-electron chi connectivity index (χ2n) is 3.32. The van der Waals surface area contributed by atoms with E-state index in [0.717, 1.165) is 13.9 Å². The highest BCUT2D eigenvalue weighted by molar-refractivity contribution is 14.1. The Morgan fingerprint density at radius 3 is 2.56 bits per heavy atom. The fourth-order valence-corrected chi connectivity index (χ4v) is 1.81. The highest BCUT2D eigenvalue weighted by Crippen LogP contribution is 2.14. The first-order chi connectivity index (χ1) is 7.65. The van der Waals surface area contributed by atoms with Crippen LogP contribution in [0.15, 0.2) is 34.9 Å². The summed E-state index contributed by atoms with van der Waals surface area (Å²) < 4.78 is 1.96. The third-order valence-corrected chi connectivity index (χ3v) is 3.46. The Morgan fingerprint density at radius 1 is 1.25 bits per heavy atom. The summed E-state index contributed by atoms with van der Waals surface area (Å²) in [6.07, 6.45) is 2.45. The minimum absolute atomic E-state index is 0.544. The Kier molecular flexibility index (Phi) is 3.75. The SMILES string of the molecule is Nc1nc(Cc2ccc(Br)cc2)ncc1I. The van der Waals surface area contributed by atoms with Crippen LogP contribution in [-0.2, 0) is 6.42 Å². The van der Waals surface area contributed by atoms with Crippen molar-refractivity contribution in [2.24, 2.45) is 0 Å². The molecule has 0 saturated heterocycles. The van der Waals surface area contributed by atoms with Crippen LogP contribution in [0.1, 0.15) is 11.4 Å². The summed E-state index contributed by atoms with van der Waals surface area (Å²) in [4.78, 5) is 8.48. The minimum atomic E-state index is 0.544. The first-order valence-corrected chi connectivity index (χ1v) is 6.53. The van der Waals surface area contributed by atoms with Gasteiger partial charge in [-0.15, -0.1) is 0 Å². The van der Waals surface area contributed by atoms with Crippen LogP contribution in [0.4, 0.5) is 5.82 Å². The van der Waals surface area contributed by atoms with Gasteiger partial charge in [-0.2, -0.15) is 0 Å². The molecule has 1 heterocycles. The van der Waals surface area contributed by atoms with E-state index < -0.39 is 0 Å². The van der Waals surface area contributed by atoms with E-state index in [4.69, 9.17) is 5.73 Å². The van der Waals surface area contributed by atoms with Gasteiger partial charge in [0.2, 0.25) is 0 Å². The number of nitrogen functional groups attached to an aromatic ring is 1. The van der Waals surface area contributed by atoms with Crippen LogP contribution in [0.2, 0.25) is 0 Å². The fraction of sp³-hybridized carbons (Fsp3) is 0.0909. The highest BCUT2D eigenvalue weighted by Gasteiger charge is 2.02. The lowest BCUT2D eigenvalue weighted by Crippen LogP contribution is -2.02. The molecular formula is C11H9BrIN3. The lowest BCUT2D eigenvalue weighted by atomic mass is 10.1. The van der Waals surface area contributed by atoms with Crippen molar-refractivity contribution in [2.75, 3.05) is 5.73 Å². The molecule has 0 atom stereocenters. The Balaban J connectivity index is 2.20. The van der Waals surface area contributed by atoms with Crippen molar-refractivity contribution in [3.63, 3.8) is 0 Å². The van der Waals surface area contributed by atoms with Crippen LogP contribution < -0.4 is 5.73 Å². The van der Waals surface area contributed by atoms with Crippen LogP contribution in [0.25, 0.3) is 0 Å². The number of hydrogen-bond donors (Lipinski definition) is 1. The van der Waals surface area contributed by atoms with Gasteiger partial charge in [-0.1, -0.05) is 28.1 Å². The molecule has 0 aliphatic carbocycles. The van der Waals surface area contributed by atoms with Crippen molar-refractivity contribution in [3.05, 3.63) is 49.9 Å². The van der Waals surface area contributed by atoms with Gasteiger partial charge in [0.15, 0.2) is 0 Å². The van der Waals surface area contributed by atoms with Gasteiger partial charge >= 0.3 is 0 Å². The molecule has 0 fully saturated rings. The zero-order chi connectivity index (χ0) is 11.5. The van der Waals surface area contributed by atoms with Gasteiger partial charge in [-0.05, 0) is 40.3 Å². The highest BCUT2D eigenvalue weighted by atomic mass is 127. The smallest absolute Gasteiger partial charge is 0.140 e. The van der Waals surface area contributed by atoms with Crippen LogP contribution >= 0.6 is 38.5 Å². The van der Waals surface area contributed by atoms with Crippen LogP contribution in [0, 0.1) is 3.57 Å². The molecule has 0 radical (unpaired) electrons. The minimum Gasteiger partial charge on any atom is -0.383 e. The predicted molar refractivity (Wildman–Crippen MR) is 76.1 cm³/mol. The zero-order valence-electron chi connectivity index (χ0n) is 8.32. The van der Waals surface area contributed by atoms with E-state index in [-0.39, 0.29) is 0 Å². The molecule has 0 bridgehead atoms. The summed E-state index contributed by atoms with van der Waals surface area (Å²) >= 11 is 5.52. The monoisotopic (exact) mass is 389 g/mol. The molecule has 1 aromatic heterocycles. The number of nitrogens with zero attached hydrogens (tertiary/aromatic N) is 2. The quantitative estimate of drug-likeness (QED) is 0.803. The predicted octanol–water partition coefficient (Wildman–Crippen LogP) is 3.02. The molecule has 0 saturated carbocycles. The Labute approximate surface area is 116 Å². The van der Waals surface area contributed by atoms with Gasteiger partial charge in [0.1, 0.15) is 11.6 Å². The number of aromatic nitrogens is 2. The van der Waals surface area contributed by atoms with E-state index in [1.807, 2.05) is 24.3 Å². The van der Waals surface area contributed by atoms with Gasteiger partial charge < -0.3 is 5.73 Å². The average molecular weight is 390 g/mol. The number of nitrogens with two attached hydrogens (primary N) is 1. The molecular weight excluding hydrogens is 381 g/mol. The van der Waals surface area contributed by atoms with Crippen molar-refractivity contribution in [3.8, 4) is 0 Å². The van der Waals surface area contributed by atoms with Crippen LogP contribution in [0.5, 0.6) is 0 Å². The first kappa shape index (κ1) is 11.8. The molecule has 0 spiro atoms. The van der Waals surface area contributed by atoms with Crippen molar-refractivity contribution >= 4 is 44.3 Å². The molecule has 0 unspecified atom stereocenters. The third-order valence-electron chi connectivity index (χ3n) is 2.10. The summed E-state index contributed by atoms with van der Waals surface area (Å²) in [5.41, 5.74) is 6.90. The van der Waals surface area contributed by atoms with Gasteiger partial charge in [0.05, 0.1) is 3.57 Å². The van der Waals surface area contributed by atoms with Gasteiger partial charge in [-0.3, -0.25) is 0 Å². The molecule has 2 aromatic rings. The topological polar surface area (TPSA) is 51.8 Å². The number of halogens is 2. The molecule has 16 heavy (non-hydrogen) atoms. The van der Waals surface area contributed by atoms with E-state index in [2.05, 4.69) is 48.5 Å².